The van der Waals surface area contributed by atoms with Crippen molar-refractivity contribution in [3.05, 3.63) is 0 Å². The Morgan fingerprint density at radius 1 is 0.333 bits per heavy atom. The van der Waals surface area contributed by atoms with E-state index in [2.05, 4.69) is 34.6 Å². The first kappa shape index (κ1) is 61.4. The molecule has 0 aromatic heterocycles. The molecule has 0 aliphatic rings. The Morgan fingerprint density at radius 3 is 0.905 bits per heavy atom. The third-order valence-electron chi connectivity index (χ3n) is 13.3. The van der Waals surface area contributed by atoms with Crippen molar-refractivity contribution in [3.63, 3.8) is 0 Å². The van der Waals surface area contributed by atoms with E-state index >= 15 is 0 Å². The van der Waals surface area contributed by atoms with Gasteiger partial charge in [-0.25, -0.2) is 0 Å². The Morgan fingerprint density at radius 2 is 0.603 bits per heavy atom. The highest BCUT2D eigenvalue weighted by Gasteiger charge is 2.19. The summed E-state index contributed by atoms with van der Waals surface area (Å²) >= 11 is 0. The molecule has 0 saturated carbocycles. The fourth-order valence-electron chi connectivity index (χ4n) is 8.66. The van der Waals surface area contributed by atoms with Crippen LogP contribution in [0.2, 0.25) is 0 Å². The van der Waals surface area contributed by atoms with Crippen molar-refractivity contribution in [3.8, 4) is 0 Å². The predicted octanol–water partition coefficient (Wildman–Crippen LogP) is 18.5. The number of rotatable bonds is 51. The van der Waals surface area contributed by atoms with Gasteiger partial charge in [0.2, 0.25) is 0 Å². The van der Waals surface area contributed by atoms with E-state index in [4.69, 9.17) is 14.2 Å². The van der Waals surface area contributed by atoms with Gasteiger partial charge < -0.3 is 14.2 Å². The Hall–Kier alpha value is -1.59. The van der Waals surface area contributed by atoms with Gasteiger partial charge in [0.15, 0.2) is 6.10 Å². The second-order valence-corrected chi connectivity index (χ2v) is 20.3. The van der Waals surface area contributed by atoms with Crippen LogP contribution in [0.1, 0.15) is 317 Å². The Kier molecular flexibility index (Phi) is 48.6. The van der Waals surface area contributed by atoms with Crippen LogP contribution in [0, 0.1) is 11.8 Å². The smallest absolute Gasteiger partial charge is 0.306 e. The van der Waals surface area contributed by atoms with Crippen LogP contribution in [-0.4, -0.2) is 37.2 Å². The van der Waals surface area contributed by atoms with E-state index in [9.17, 15) is 14.4 Å². The first-order valence-corrected chi connectivity index (χ1v) is 28.3. The maximum Gasteiger partial charge on any atom is 0.306 e. The minimum absolute atomic E-state index is 0.0636. The summed E-state index contributed by atoms with van der Waals surface area (Å²) < 4.78 is 16.8. The maximum absolute atomic E-state index is 12.8. The van der Waals surface area contributed by atoms with Gasteiger partial charge in [-0.05, 0) is 31.1 Å². The van der Waals surface area contributed by atoms with Crippen molar-refractivity contribution in [1.82, 2.24) is 0 Å². The molecule has 63 heavy (non-hydrogen) atoms. The number of hydrogen-bond acceptors (Lipinski definition) is 6. The molecule has 0 aromatic carbocycles. The summed E-state index contributed by atoms with van der Waals surface area (Å²) in [6.07, 6.45) is 52.4. The van der Waals surface area contributed by atoms with E-state index < -0.39 is 6.10 Å². The van der Waals surface area contributed by atoms with E-state index in [0.29, 0.717) is 19.3 Å². The molecule has 0 aromatic rings. The standard InChI is InChI=1S/C57H110O6/c1-6-8-9-10-11-12-13-14-22-26-29-32-39-44-49-57(60)63-54(51-62-56(59)48-43-38-34-33-36-41-46-53(5)7-2)50-61-55(58)47-42-37-31-28-25-23-20-18-16-15-17-19-21-24-27-30-35-40-45-52(3)4/h52-54H,6-51H2,1-5H3/t53?,54-/m1/s1. The average molecular weight is 892 g/mol. The fourth-order valence-corrected chi connectivity index (χ4v) is 8.66. The molecule has 0 saturated heterocycles. The first-order valence-electron chi connectivity index (χ1n) is 28.3. The van der Waals surface area contributed by atoms with E-state index in [0.717, 1.165) is 69.6 Å². The second kappa shape index (κ2) is 49.8. The lowest BCUT2D eigenvalue weighted by molar-refractivity contribution is -0.167. The zero-order valence-corrected chi connectivity index (χ0v) is 43.2. The Balaban J connectivity index is 4.21. The number of ether oxygens (including phenoxy) is 3. The summed E-state index contributed by atoms with van der Waals surface area (Å²) in [6, 6.07) is 0. The molecule has 0 bridgehead atoms. The molecule has 6 nitrogen and oxygen atoms in total. The average Bonchev–Trinajstić information content (AvgIpc) is 3.27. The molecule has 0 spiro atoms. The minimum atomic E-state index is -0.762. The number of carbonyl (C=O) groups excluding carboxylic acids is 3. The van der Waals surface area contributed by atoms with Crippen LogP contribution in [0.5, 0.6) is 0 Å². The van der Waals surface area contributed by atoms with Gasteiger partial charge in [-0.3, -0.25) is 14.4 Å². The number of carbonyl (C=O) groups is 3. The molecule has 0 aliphatic carbocycles. The maximum atomic E-state index is 12.8. The first-order chi connectivity index (χ1) is 30.8. The number of unbranched alkanes of at least 4 members (excludes halogenated alkanes) is 35. The topological polar surface area (TPSA) is 78.9 Å². The van der Waals surface area contributed by atoms with Crippen LogP contribution in [-0.2, 0) is 28.6 Å². The van der Waals surface area contributed by atoms with Gasteiger partial charge >= 0.3 is 17.9 Å². The molecule has 0 heterocycles. The minimum Gasteiger partial charge on any atom is -0.462 e. The van der Waals surface area contributed by atoms with Crippen LogP contribution in [0.15, 0.2) is 0 Å². The third-order valence-corrected chi connectivity index (χ3v) is 13.3. The molecule has 2 atom stereocenters. The third kappa shape index (κ3) is 49.7. The molecule has 0 aliphatic heterocycles. The van der Waals surface area contributed by atoms with Crippen LogP contribution in [0.3, 0.4) is 0 Å². The van der Waals surface area contributed by atoms with Gasteiger partial charge in [0.05, 0.1) is 0 Å². The molecule has 0 N–H and O–H groups in total. The van der Waals surface area contributed by atoms with Gasteiger partial charge in [0.1, 0.15) is 13.2 Å². The van der Waals surface area contributed by atoms with Crippen LogP contribution in [0.25, 0.3) is 0 Å². The zero-order valence-electron chi connectivity index (χ0n) is 43.2. The summed E-state index contributed by atoms with van der Waals surface area (Å²) in [6.45, 7) is 11.4. The van der Waals surface area contributed by atoms with Crippen molar-refractivity contribution < 1.29 is 28.6 Å². The molecule has 0 amide bonds. The molecule has 1 unspecified atom stereocenters. The summed E-state index contributed by atoms with van der Waals surface area (Å²) in [5.41, 5.74) is 0. The molecule has 6 heteroatoms. The van der Waals surface area contributed by atoms with E-state index in [1.807, 2.05) is 0 Å². The van der Waals surface area contributed by atoms with Crippen molar-refractivity contribution in [1.29, 1.82) is 0 Å². The van der Waals surface area contributed by atoms with E-state index in [-0.39, 0.29) is 31.1 Å². The van der Waals surface area contributed by atoms with Gasteiger partial charge in [-0.1, -0.05) is 279 Å². The van der Waals surface area contributed by atoms with Crippen LogP contribution in [0.4, 0.5) is 0 Å². The summed E-state index contributed by atoms with van der Waals surface area (Å²) in [4.78, 5) is 38.0. The van der Waals surface area contributed by atoms with Crippen LogP contribution >= 0.6 is 0 Å². The van der Waals surface area contributed by atoms with Gasteiger partial charge in [-0.2, -0.15) is 0 Å². The molecular formula is C57H110O6. The molecule has 0 rings (SSSR count). The highest BCUT2D eigenvalue weighted by atomic mass is 16.6. The summed E-state index contributed by atoms with van der Waals surface area (Å²) in [7, 11) is 0. The van der Waals surface area contributed by atoms with Gasteiger partial charge in [0, 0.05) is 19.3 Å². The molecule has 0 radical (unpaired) electrons. The lowest BCUT2D eigenvalue weighted by Gasteiger charge is -2.18. The normalized spacial score (nSPS) is 12.5. The van der Waals surface area contributed by atoms with Crippen molar-refractivity contribution in [2.24, 2.45) is 11.8 Å². The zero-order chi connectivity index (χ0) is 46.1. The monoisotopic (exact) mass is 891 g/mol. The highest BCUT2D eigenvalue weighted by molar-refractivity contribution is 5.71. The lowest BCUT2D eigenvalue weighted by Crippen LogP contribution is -2.30. The van der Waals surface area contributed by atoms with Crippen molar-refractivity contribution in [2.75, 3.05) is 13.2 Å². The lowest BCUT2D eigenvalue weighted by atomic mass is 10.00. The van der Waals surface area contributed by atoms with Crippen LogP contribution < -0.4 is 0 Å². The number of esters is 3. The van der Waals surface area contributed by atoms with Gasteiger partial charge in [0.25, 0.3) is 0 Å². The van der Waals surface area contributed by atoms with Crippen molar-refractivity contribution >= 4 is 17.9 Å². The Labute approximate surface area is 393 Å². The second-order valence-electron chi connectivity index (χ2n) is 20.3. The number of hydrogen-bond donors (Lipinski definition) is 0. The molecular weight excluding hydrogens is 781 g/mol. The summed E-state index contributed by atoms with van der Waals surface area (Å²) in [5.74, 6) is 0.828. The summed E-state index contributed by atoms with van der Waals surface area (Å²) in [5, 5.41) is 0. The van der Waals surface area contributed by atoms with Gasteiger partial charge in [-0.15, -0.1) is 0 Å². The van der Waals surface area contributed by atoms with E-state index in [1.54, 1.807) is 0 Å². The molecule has 374 valence electrons. The van der Waals surface area contributed by atoms with E-state index in [1.165, 1.54) is 205 Å². The van der Waals surface area contributed by atoms with Crippen molar-refractivity contribution in [2.45, 2.75) is 323 Å². The predicted molar refractivity (Wildman–Crippen MR) is 270 cm³/mol. The highest BCUT2D eigenvalue weighted by Crippen LogP contribution is 2.18. The largest absolute Gasteiger partial charge is 0.462 e. The Bertz CT molecular complexity index is 964. The fraction of sp³-hybridized carbons (Fsp3) is 0.947. The molecule has 0 fully saturated rings. The SMILES string of the molecule is CCCCCCCCCCCCCCCCC(=O)O[C@H](COC(=O)CCCCCCCCCCCCCCCCCCCCC(C)C)COC(=O)CCCCCCCCC(C)CC. The quantitative estimate of drug-likeness (QED) is 0.0344.